The zero-order valence-electron chi connectivity index (χ0n) is 12.3. The van der Waals surface area contributed by atoms with Crippen molar-refractivity contribution in [1.82, 2.24) is 20.2 Å². The summed E-state index contributed by atoms with van der Waals surface area (Å²) in [6.07, 6.45) is 6.24. The van der Waals surface area contributed by atoms with Crippen LogP contribution in [0.5, 0.6) is 0 Å². The van der Waals surface area contributed by atoms with E-state index in [1.807, 2.05) is 19.4 Å². The quantitative estimate of drug-likeness (QED) is 0.858. The highest BCUT2D eigenvalue weighted by molar-refractivity contribution is 5.35. The Hall–Kier alpha value is -1.20. The van der Waals surface area contributed by atoms with E-state index in [-0.39, 0.29) is 0 Å². The molecule has 0 aromatic carbocycles. The van der Waals surface area contributed by atoms with Crippen molar-refractivity contribution < 1.29 is 0 Å². The van der Waals surface area contributed by atoms with Gasteiger partial charge in [-0.3, -0.25) is 4.98 Å². The fraction of sp³-hybridized carbons (Fsp3) is 0.714. The molecule has 1 saturated heterocycles. The molecule has 1 N–H and O–H groups in total. The molecule has 0 saturated carbocycles. The Kier molecular flexibility index (Phi) is 5.10. The molecule has 0 radical (unpaired) electrons. The van der Waals surface area contributed by atoms with Crippen LogP contribution >= 0.6 is 0 Å². The van der Waals surface area contributed by atoms with Crippen molar-refractivity contribution in [2.75, 3.05) is 45.7 Å². The third kappa shape index (κ3) is 4.14. The van der Waals surface area contributed by atoms with Gasteiger partial charge in [0.05, 0.1) is 11.9 Å². The molecule has 2 heterocycles. The second-order valence-corrected chi connectivity index (χ2v) is 5.53. The van der Waals surface area contributed by atoms with Gasteiger partial charge in [0.25, 0.3) is 0 Å². The van der Waals surface area contributed by atoms with Gasteiger partial charge in [0, 0.05) is 26.3 Å². The lowest BCUT2D eigenvalue weighted by Gasteiger charge is -2.32. The van der Waals surface area contributed by atoms with Crippen LogP contribution in [0.4, 0.5) is 5.82 Å². The molecule has 5 nitrogen and oxygen atoms in total. The first kappa shape index (κ1) is 14.2. The van der Waals surface area contributed by atoms with E-state index in [9.17, 15) is 0 Å². The number of aromatic nitrogens is 2. The third-order valence-corrected chi connectivity index (χ3v) is 3.79. The molecule has 0 spiro atoms. The molecule has 0 bridgehead atoms. The van der Waals surface area contributed by atoms with E-state index in [0.717, 1.165) is 30.5 Å². The summed E-state index contributed by atoms with van der Waals surface area (Å²) in [6.45, 7) is 4.27. The maximum Gasteiger partial charge on any atom is 0.147 e. The number of piperidine rings is 1. The van der Waals surface area contributed by atoms with Gasteiger partial charge >= 0.3 is 0 Å². The standard InChI is InChI=1S/C14H25N5/c1-15-8-13-9-16-10-14(17-13)19(3)11-12-4-6-18(2)7-5-12/h9-10,12,15H,4-8,11H2,1-3H3. The van der Waals surface area contributed by atoms with Crippen LogP contribution < -0.4 is 10.2 Å². The maximum atomic E-state index is 4.63. The van der Waals surface area contributed by atoms with Crippen LogP contribution in [0.15, 0.2) is 12.4 Å². The fourth-order valence-electron chi connectivity index (χ4n) is 2.57. The van der Waals surface area contributed by atoms with Gasteiger partial charge in [-0.05, 0) is 45.9 Å². The second kappa shape index (κ2) is 6.82. The predicted molar refractivity (Wildman–Crippen MR) is 78.3 cm³/mol. The molecule has 1 aromatic heterocycles. The van der Waals surface area contributed by atoms with Gasteiger partial charge in [-0.25, -0.2) is 4.98 Å². The number of hydrogen-bond acceptors (Lipinski definition) is 5. The van der Waals surface area contributed by atoms with Gasteiger partial charge in [0.15, 0.2) is 0 Å². The smallest absolute Gasteiger partial charge is 0.147 e. The van der Waals surface area contributed by atoms with Crippen LogP contribution in [0.25, 0.3) is 0 Å². The first-order valence-corrected chi connectivity index (χ1v) is 7.04. The van der Waals surface area contributed by atoms with E-state index in [0.29, 0.717) is 0 Å². The highest BCUT2D eigenvalue weighted by Crippen LogP contribution is 2.19. The summed E-state index contributed by atoms with van der Waals surface area (Å²) in [6, 6.07) is 0. The summed E-state index contributed by atoms with van der Waals surface area (Å²) in [4.78, 5) is 13.6. The van der Waals surface area contributed by atoms with Gasteiger partial charge in [-0.15, -0.1) is 0 Å². The number of nitrogens with zero attached hydrogens (tertiary/aromatic N) is 4. The Balaban J connectivity index is 1.91. The Labute approximate surface area is 116 Å². The first-order valence-electron chi connectivity index (χ1n) is 7.04. The van der Waals surface area contributed by atoms with Crippen molar-refractivity contribution in [3.8, 4) is 0 Å². The lowest BCUT2D eigenvalue weighted by molar-refractivity contribution is 0.222. The molecular weight excluding hydrogens is 238 g/mol. The van der Waals surface area contributed by atoms with Gasteiger partial charge in [-0.1, -0.05) is 0 Å². The molecule has 1 aromatic rings. The molecule has 1 fully saturated rings. The summed E-state index contributed by atoms with van der Waals surface area (Å²) < 4.78 is 0. The topological polar surface area (TPSA) is 44.3 Å². The number of anilines is 1. The van der Waals surface area contributed by atoms with Crippen molar-refractivity contribution >= 4 is 5.82 Å². The van der Waals surface area contributed by atoms with E-state index in [4.69, 9.17) is 0 Å². The number of likely N-dealkylation sites (tertiary alicyclic amines) is 1. The molecule has 106 valence electrons. The molecule has 1 aliphatic heterocycles. The molecule has 0 aliphatic carbocycles. The summed E-state index contributed by atoms with van der Waals surface area (Å²) in [7, 11) is 6.24. The first-order chi connectivity index (χ1) is 9.19. The maximum absolute atomic E-state index is 4.63. The zero-order chi connectivity index (χ0) is 13.7. The van der Waals surface area contributed by atoms with Crippen molar-refractivity contribution in [3.63, 3.8) is 0 Å². The van der Waals surface area contributed by atoms with Gasteiger partial charge in [-0.2, -0.15) is 0 Å². The van der Waals surface area contributed by atoms with Crippen LogP contribution in [0.2, 0.25) is 0 Å². The van der Waals surface area contributed by atoms with Crippen LogP contribution in [0.1, 0.15) is 18.5 Å². The minimum atomic E-state index is 0.767. The monoisotopic (exact) mass is 263 g/mol. The van der Waals surface area contributed by atoms with E-state index < -0.39 is 0 Å². The number of rotatable bonds is 5. The minimum absolute atomic E-state index is 0.767. The van der Waals surface area contributed by atoms with Crippen LogP contribution in [0.3, 0.4) is 0 Å². The van der Waals surface area contributed by atoms with E-state index in [2.05, 4.69) is 39.2 Å². The van der Waals surface area contributed by atoms with Gasteiger partial charge in [0.2, 0.25) is 0 Å². The van der Waals surface area contributed by atoms with E-state index >= 15 is 0 Å². The van der Waals surface area contributed by atoms with Crippen molar-refractivity contribution in [3.05, 3.63) is 18.1 Å². The summed E-state index contributed by atoms with van der Waals surface area (Å²) in [5, 5.41) is 3.11. The van der Waals surface area contributed by atoms with E-state index in [1.54, 1.807) is 0 Å². The summed E-state index contributed by atoms with van der Waals surface area (Å²) in [5.41, 5.74) is 0.996. The molecular formula is C14H25N5. The largest absolute Gasteiger partial charge is 0.358 e. The molecule has 0 amide bonds. The van der Waals surface area contributed by atoms with Crippen molar-refractivity contribution in [2.45, 2.75) is 19.4 Å². The third-order valence-electron chi connectivity index (χ3n) is 3.79. The molecule has 0 atom stereocenters. The van der Waals surface area contributed by atoms with Crippen molar-refractivity contribution in [1.29, 1.82) is 0 Å². The second-order valence-electron chi connectivity index (χ2n) is 5.53. The van der Waals surface area contributed by atoms with Crippen LogP contribution in [0, 0.1) is 5.92 Å². The molecule has 19 heavy (non-hydrogen) atoms. The fourth-order valence-corrected chi connectivity index (χ4v) is 2.57. The lowest BCUT2D eigenvalue weighted by Crippen LogP contribution is -2.36. The Morgan fingerprint density at radius 3 is 2.79 bits per heavy atom. The summed E-state index contributed by atoms with van der Waals surface area (Å²) in [5.74, 6) is 1.75. The highest BCUT2D eigenvalue weighted by atomic mass is 15.2. The van der Waals surface area contributed by atoms with Gasteiger partial charge < -0.3 is 15.1 Å². The van der Waals surface area contributed by atoms with E-state index in [1.165, 1.54) is 25.9 Å². The average molecular weight is 263 g/mol. The number of hydrogen-bond donors (Lipinski definition) is 1. The molecule has 5 heteroatoms. The van der Waals surface area contributed by atoms with Crippen LogP contribution in [-0.4, -0.2) is 55.6 Å². The average Bonchev–Trinajstić information content (AvgIpc) is 2.42. The SMILES string of the molecule is CNCc1cncc(N(C)CC2CCN(C)CC2)n1. The molecule has 2 rings (SSSR count). The Morgan fingerprint density at radius 2 is 2.11 bits per heavy atom. The zero-order valence-corrected chi connectivity index (χ0v) is 12.3. The lowest BCUT2D eigenvalue weighted by atomic mass is 9.97. The number of nitrogens with one attached hydrogen (secondary N) is 1. The molecule has 1 aliphatic rings. The highest BCUT2D eigenvalue weighted by Gasteiger charge is 2.18. The van der Waals surface area contributed by atoms with Gasteiger partial charge in [0.1, 0.15) is 5.82 Å². The Bertz CT molecular complexity index is 387. The minimum Gasteiger partial charge on any atom is -0.358 e. The molecule has 0 unspecified atom stereocenters. The van der Waals surface area contributed by atoms with Crippen molar-refractivity contribution in [2.24, 2.45) is 5.92 Å². The Morgan fingerprint density at radius 1 is 1.37 bits per heavy atom. The normalized spacial score (nSPS) is 17.6. The predicted octanol–water partition coefficient (Wildman–Crippen LogP) is 0.974. The van der Waals surface area contributed by atoms with Crippen LogP contribution in [-0.2, 0) is 6.54 Å². The summed E-state index contributed by atoms with van der Waals surface area (Å²) >= 11 is 0.